The zero-order valence-corrected chi connectivity index (χ0v) is 22.3. The predicted octanol–water partition coefficient (Wildman–Crippen LogP) is 5.09. The number of nitrogens with zero attached hydrogens (tertiary/aromatic N) is 1. The molecule has 8 nitrogen and oxygen atoms in total. The predicted molar refractivity (Wildman–Crippen MR) is 144 cm³/mol. The van der Waals surface area contributed by atoms with E-state index >= 15 is 0 Å². The van der Waals surface area contributed by atoms with E-state index in [4.69, 9.17) is 9.47 Å². The number of ether oxygens (including phenoxy) is 2. The Labute approximate surface area is 224 Å². The molecule has 0 unspecified atom stereocenters. The first-order chi connectivity index (χ1) is 17.4. The summed E-state index contributed by atoms with van der Waals surface area (Å²) in [5.74, 6) is -0.695. The van der Waals surface area contributed by atoms with Crippen molar-refractivity contribution in [2.45, 2.75) is 6.92 Å². The maximum atomic E-state index is 13.0. The van der Waals surface area contributed by atoms with Crippen LogP contribution in [0.3, 0.4) is 0 Å². The van der Waals surface area contributed by atoms with Crippen LogP contribution in [0, 0.1) is 0 Å². The lowest BCUT2D eigenvalue weighted by atomic mass is 10.1. The lowest BCUT2D eigenvalue weighted by molar-refractivity contribution is -0.118. The fourth-order valence-corrected chi connectivity index (χ4v) is 4.38. The van der Waals surface area contributed by atoms with E-state index in [-0.39, 0.29) is 18.1 Å². The Balaban J connectivity index is 1.59. The molecule has 36 heavy (non-hydrogen) atoms. The molecule has 3 amide bonds. The highest BCUT2D eigenvalue weighted by Gasteiger charge is 2.34. The molecule has 1 aliphatic heterocycles. The normalized spacial score (nSPS) is 14.1. The second-order valence-electron chi connectivity index (χ2n) is 7.53. The zero-order valence-electron chi connectivity index (χ0n) is 19.1. The van der Waals surface area contributed by atoms with Gasteiger partial charge in [0.15, 0.2) is 18.1 Å². The molecule has 1 saturated heterocycles. The van der Waals surface area contributed by atoms with Gasteiger partial charge in [-0.15, -0.1) is 0 Å². The molecule has 1 aliphatic rings. The summed E-state index contributed by atoms with van der Waals surface area (Å²) < 4.78 is 12.5. The Morgan fingerprint density at radius 2 is 1.67 bits per heavy atom. The average molecular weight is 615 g/mol. The highest BCUT2D eigenvalue weighted by molar-refractivity contribution is 9.13. The zero-order chi connectivity index (χ0) is 25.7. The Morgan fingerprint density at radius 1 is 1.00 bits per heavy atom. The molecule has 4 rings (SSSR count). The number of para-hydroxylation sites is 2. The molecule has 0 atom stereocenters. The molecule has 0 aliphatic carbocycles. The third-order valence-electron chi connectivity index (χ3n) is 5.07. The van der Waals surface area contributed by atoms with Crippen molar-refractivity contribution in [2.75, 3.05) is 23.5 Å². The Bertz CT molecular complexity index is 1330. The SMILES string of the molecule is CCOc1cc(/C=C2/C(=O)NN(c3ccccc3)C2=O)c(Br)c(Br)c1OCC(=O)Nc1ccccc1. The first kappa shape index (κ1) is 25.5. The van der Waals surface area contributed by atoms with Gasteiger partial charge >= 0.3 is 0 Å². The lowest BCUT2D eigenvalue weighted by Crippen LogP contribution is -2.35. The van der Waals surface area contributed by atoms with Crippen LogP contribution in [0.5, 0.6) is 11.5 Å². The van der Waals surface area contributed by atoms with Gasteiger partial charge in [-0.3, -0.25) is 19.8 Å². The van der Waals surface area contributed by atoms with E-state index in [1.54, 1.807) is 42.5 Å². The molecule has 1 fully saturated rings. The van der Waals surface area contributed by atoms with Gasteiger partial charge in [-0.05, 0) is 80.8 Å². The average Bonchev–Trinajstić information content (AvgIpc) is 3.16. The highest BCUT2D eigenvalue weighted by Crippen LogP contribution is 2.44. The van der Waals surface area contributed by atoms with Crippen molar-refractivity contribution in [3.8, 4) is 11.5 Å². The van der Waals surface area contributed by atoms with Gasteiger partial charge in [0, 0.05) is 10.2 Å². The highest BCUT2D eigenvalue weighted by atomic mass is 79.9. The van der Waals surface area contributed by atoms with Crippen LogP contribution in [0.15, 0.2) is 81.2 Å². The number of halogens is 2. The van der Waals surface area contributed by atoms with Gasteiger partial charge in [-0.2, -0.15) is 0 Å². The summed E-state index contributed by atoms with van der Waals surface area (Å²) in [5, 5.41) is 3.95. The molecular weight excluding hydrogens is 594 g/mol. The minimum absolute atomic E-state index is 0.0372. The fraction of sp³-hybridized carbons (Fsp3) is 0.115. The first-order valence-corrected chi connectivity index (χ1v) is 12.5. The van der Waals surface area contributed by atoms with Gasteiger partial charge in [0.05, 0.1) is 16.8 Å². The largest absolute Gasteiger partial charge is 0.490 e. The van der Waals surface area contributed by atoms with Crippen molar-refractivity contribution < 1.29 is 23.9 Å². The van der Waals surface area contributed by atoms with Crippen molar-refractivity contribution in [1.82, 2.24) is 5.43 Å². The smallest absolute Gasteiger partial charge is 0.282 e. The summed E-state index contributed by atoms with van der Waals surface area (Å²) in [7, 11) is 0. The summed E-state index contributed by atoms with van der Waals surface area (Å²) in [5.41, 5.74) is 4.26. The lowest BCUT2D eigenvalue weighted by Gasteiger charge is -2.16. The van der Waals surface area contributed by atoms with E-state index in [1.807, 2.05) is 31.2 Å². The van der Waals surface area contributed by atoms with Gasteiger partial charge in [-0.1, -0.05) is 36.4 Å². The number of carbonyl (C=O) groups excluding carboxylic acids is 3. The summed E-state index contributed by atoms with van der Waals surface area (Å²) in [6, 6.07) is 19.5. The van der Waals surface area contributed by atoms with Crippen molar-refractivity contribution in [2.24, 2.45) is 0 Å². The molecule has 0 saturated carbocycles. The van der Waals surface area contributed by atoms with Gasteiger partial charge in [0.25, 0.3) is 17.7 Å². The number of hydrazine groups is 1. The number of nitrogens with one attached hydrogen (secondary N) is 2. The summed E-state index contributed by atoms with van der Waals surface area (Å²) in [4.78, 5) is 37.9. The second-order valence-corrected chi connectivity index (χ2v) is 9.12. The monoisotopic (exact) mass is 613 g/mol. The van der Waals surface area contributed by atoms with Crippen LogP contribution in [0.2, 0.25) is 0 Å². The number of anilines is 2. The third-order valence-corrected chi connectivity index (χ3v) is 7.21. The number of amides is 3. The molecule has 1 heterocycles. The molecule has 3 aromatic rings. The topological polar surface area (TPSA) is 97.0 Å². The molecule has 0 radical (unpaired) electrons. The van der Waals surface area contributed by atoms with Crippen LogP contribution >= 0.6 is 31.9 Å². The molecule has 0 spiro atoms. The summed E-state index contributed by atoms with van der Waals surface area (Å²) in [6.45, 7) is 1.89. The standard InChI is InChI=1S/C26H21Br2N3O5/c1-2-35-20-14-16(13-19-25(33)30-31(26(19)34)18-11-7-4-8-12-18)22(27)23(28)24(20)36-15-21(32)29-17-9-5-3-6-10-17/h3-14H,2,15H2,1H3,(H,29,32)(H,30,33)/b19-13-. The van der Waals surface area contributed by atoms with Crippen molar-refractivity contribution >= 4 is 67.0 Å². The number of benzene rings is 3. The maximum Gasteiger partial charge on any atom is 0.282 e. The van der Waals surface area contributed by atoms with E-state index in [0.29, 0.717) is 44.0 Å². The van der Waals surface area contributed by atoms with E-state index in [9.17, 15) is 14.4 Å². The third kappa shape index (κ3) is 5.60. The number of rotatable bonds is 8. The molecule has 0 aromatic heterocycles. The number of hydrogen-bond donors (Lipinski definition) is 2. The van der Waals surface area contributed by atoms with Gasteiger partial charge in [-0.25, -0.2) is 5.01 Å². The molecule has 10 heteroatoms. The molecule has 0 bridgehead atoms. The Morgan fingerprint density at radius 3 is 2.33 bits per heavy atom. The summed E-state index contributed by atoms with van der Waals surface area (Å²) in [6.07, 6.45) is 1.48. The van der Waals surface area contributed by atoms with Crippen molar-refractivity contribution in [1.29, 1.82) is 0 Å². The van der Waals surface area contributed by atoms with Crippen LogP contribution in [0.4, 0.5) is 11.4 Å². The summed E-state index contributed by atoms with van der Waals surface area (Å²) >= 11 is 6.99. The van der Waals surface area contributed by atoms with Crippen LogP contribution in [-0.2, 0) is 14.4 Å². The first-order valence-electron chi connectivity index (χ1n) is 10.9. The van der Waals surface area contributed by atoms with Gasteiger partial charge in [0.1, 0.15) is 5.57 Å². The van der Waals surface area contributed by atoms with Crippen LogP contribution in [-0.4, -0.2) is 30.9 Å². The van der Waals surface area contributed by atoms with E-state index in [0.717, 1.165) is 0 Å². The minimum Gasteiger partial charge on any atom is -0.490 e. The number of carbonyl (C=O) groups is 3. The van der Waals surface area contributed by atoms with Gasteiger partial charge in [0.2, 0.25) is 0 Å². The molecule has 184 valence electrons. The van der Waals surface area contributed by atoms with Crippen molar-refractivity contribution in [3.05, 3.63) is 86.8 Å². The van der Waals surface area contributed by atoms with E-state index in [2.05, 4.69) is 42.6 Å². The second kappa shape index (κ2) is 11.4. The minimum atomic E-state index is -0.525. The van der Waals surface area contributed by atoms with Crippen LogP contribution < -0.4 is 25.2 Å². The van der Waals surface area contributed by atoms with Crippen LogP contribution in [0.25, 0.3) is 6.08 Å². The molecular formula is C26H21Br2N3O5. The Hall–Kier alpha value is -3.63. The maximum absolute atomic E-state index is 13.0. The van der Waals surface area contributed by atoms with E-state index in [1.165, 1.54) is 11.1 Å². The fourth-order valence-electron chi connectivity index (χ4n) is 3.43. The number of hydrogen-bond acceptors (Lipinski definition) is 5. The van der Waals surface area contributed by atoms with E-state index < -0.39 is 11.8 Å². The Kier molecular flexibility index (Phi) is 8.07. The van der Waals surface area contributed by atoms with Gasteiger partial charge < -0.3 is 14.8 Å². The molecule has 2 N–H and O–H groups in total. The quantitative estimate of drug-likeness (QED) is 0.272. The van der Waals surface area contributed by atoms with Crippen LogP contribution in [0.1, 0.15) is 12.5 Å². The molecule has 3 aromatic carbocycles. The van der Waals surface area contributed by atoms with Crippen molar-refractivity contribution in [3.63, 3.8) is 0 Å².